The van der Waals surface area contributed by atoms with Crippen molar-refractivity contribution < 1.29 is 9.84 Å². The number of anilines is 1. The molecule has 0 aromatic heterocycles. The van der Waals surface area contributed by atoms with E-state index < -0.39 is 0 Å². The summed E-state index contributed by atoms with van der Waals surface area (Å²) in [5.41, 5.74) is 1.05. The van der Waals surface area contributed by atoms with Gasteiger partial charge in [-0.1, -0.05) is 12.1 Å². The third-order valence-corrected chi connectivity index (χ3v) is 2.80. The third kappa shape index (κ3) is 2.46. The fourth-order valence-corrected chi connectivity index (χ4v) is 2.00. The summed E-state index contributed by atoms with van der Waals surface area (Å²) in [6, 6.07) is 7.91. The Kier molecular flexibility index (Phi) is 3.64. The van der Waals surface area contributed by atoms with Crippen molar-refractivity contribution >= 4 is 5.69 Å². The van der Waals surface area contributed by atoms with E-state index in [1.165, 1.54) is 0 Å². The Morgan fingerprint density at radius 2 is 2.25 bits per heavy atom. The Morgan fingerprint density at radius 1 is 1.44 bits per heavy atom. The van der Waals surface area contributed by atoms with Gasteiger partial charge in [0.15, 0.2) is 0 Å². The number of para-hydroxylation sites is 2. The lowest BCUT2D eigenvalue weighted by Gasteiger charge is -2.25. The van der Waals surface area contributed by atoms with Gasteiger partial charge in [0.1, 0.15) is 5.75 Å². The van der Waals surface area contributed by atoms with Crippen molar-refractivity contribution in [1.29, 1.82) is 0 Å². The molecule has 2 N–H and O–H groups in total. The van der Waals surface area contributed by atoms with Crippen LogP contribution in [0.1, 0.15) is 0 Å². The number of hydrogen-bond acceptors (Lipinski definition) is 4. The van der Waals surface area contributed by atoms with Gasteiger partial charge in [-0.25, -0.2) is 0 Å². The quantitative estimate of drug-likeness (QED) is 0.763. The minimum atomic E-state index is -0.326. The van der Waals surface area contributed by atoms with Gasteiger partial charge in [-0.15, -0.1) is 0 Å². The van der Waals surface area contributed by atoms with Gasteiger partial charge in [0, 0.05) is 26.2 Å². The van der Waals surface area contributed by atoms with Gasteiger partial charge in [-0.05, 0) is 12.1 Å². The monoisotopic (exact) mass is 222 g/mol. The summed E-state index contributed by atoms with van der Waals surface area (Å²) in [6.45, 7) is 3.07. The van der Waals surface area contributed by atoms with Crippen molar-refractivity contribution in [2.75, 3.05) is 38.2 Å². The average Bonchev–Trinajstić information content (AvgIpc) is 2.54. The number of aliphatic hydroxyl groups is 1. The Labute approximate surface area is 95.8 Å². The van der Waals surface area contributed by atoms with Crippen molar-refractivity contribution in [3.05, 3.63) is 24.3 Å². The maximum absolute atomic E-state index is 9.74. The first-order valence-electron chi connectivity index (χ1n) is 5.58. The van der Waals surface area contributed by atoms with E-state index in [9.17, 15) is 5.11 Å². The van der Waals surface area contributed by atoms with Crippen LogP contribution in [0.5, 0.6) is 5.75 Å². The highest BCUT2D eigenvalue weighted by molar-refractivity contribution is 5.58. The van der Waals surface area contributed by atoms with E-state index in [1.807, 2.05) is 24.3 Å². The van der Waals surface area contributed by atoms with Crippen LogP contribution in [0.25, 0.3) is 0 Å². The molecule has 0 amide bonds. The predicted octanol–water partition coefficient (Wildman–Crippen LogP) is 0.466. The second-order valence-electron chi connectivity index (χ2n) is 3.98. The normalized spacial score (nSPS) is 21.6. The maximum atomic E-state index is 9.74. The highest BCUT2D eigenvalue weighted by Gasteiger charge is 2.18. The molecule has 4 nitrogen and oxygen atoms in total. The zero-order valence-electron chi connectivity index (χ0n) is 9.52. The third-order valence-electron chi connectivity index (χ3n) is 2.80. The van der Waals surface area contributed by atoms with E-state index in [-0.39, 0.29) is 6.10 Å². The van der Waals surface area contributed by atoms with Crippen LogP contribution in [-0.4, -0.2) is 44.5 Å². The van der Waals surface area contributed by atoms with Crippen molar-refractivity contribution in [2.24, 2.45) is 0 Å². The molecular formula is C12H18N2O2. The first-order chi connectivity index (χ1) is 7.81. The summed E-state index contributed by atoms with van der Waals surface area (Å²) in [4.78, 5) is 2.16. The second kappa shape index (κ2) is 5.18. The van der Waals surface area contributed by atoms with Crippen LogP contribution in [0.4, 0.5) is 5.69 Å². The van der Waals surface area contributed by atoms with E-state index >= 15 is 0 Å². The molecule has 0 aliphatic carbocycles. The highest BCUT2D eigenvalue weighted by atomic mass is 16.5. The molecule has 1 fully saturated rings. The average molecular weight is 222 g/mol. The molecule has 0 spiro atoms. The van der Waals surface area contributed by atoms with Crippen LogP contribution in [0.2, 0.25) is 0 Å². The molecule has 1 saturated heterocycles. The maximum Gasteiger partial charge on any atom is 0.142 e. The van der Waals surface area contributed by atoms with E-state index in [4.69, 9.17) is 4.74 Å². The summed E-state index contributed by atoms with van der Waals surface area (Å²) in [6.07, 6.45) is -0.326. The van der Waals surface area contributed by atoms with Gasteiger partial charge in [-0.2, -0.15) is 0 Å². The smallest absolute Gasteiger partial charge is 0.142 e. The van der Waals surface area contributed by atoms with Gasteiger partial charge >= 0.3 is 0 Å². The predicted molar refractivity (Wildman–Crippen MR) is 64.1 cm³/mol. The molecule has 1 heterocycles. The molecule has 1 aliphatic heterocycles. The highest BCUT2D eigenvalue weighted by Crippen LogP contribution is 2.27. The van der Waals surface area contributed by atoms with Crippen LogP contribution >= 0.6 is 0 Å². The second-order valence-corrected chi connectivity index (χ2v) is 3.98. The lowest BCUT2D eigenvalue weighted by atomic mass is 10.2. The van der Waals surface area contributed by atoms with Crippen LogP contribution in [0, 0.1) is 0 Å². The number of aliphatic hydroxyl groups excluding tert-OH is 1. The Hall–Kier alpha value is -1.26. The fraction of sp³-hybridized carbons (Fsp3) is 0.500. The first kappa shape index (κ1) is 11.2. The molecule has 0 radical (unpaired) electrons. The topological polar surface area (TPSA) is 44.7 Å². The van der Waals surface area contributed by atoms with Crippen molar-refractivity contribution in [3.63, 3.8) is 0 Å². The Morgan fingerprint density at radius 3 is 3.06 bits per heavy atom. The fourth-order valence-electron chi connectivity index (χ4n) is 2.00. The lowest BCUT2D eigenvalue weighted by Crippen LogP contribution is -2.32. The Bertz CT molecular complexity index is 344. The molecule has 0 bridgehead atoms. The van der Waals surface area contributed by atoms with Crippen LogP contribution < -0.4 is 15.0 Å². The van der Waals surface area contributed by atoms with Gasteiger partial charge in [0.05, 0.1) is 18.9 Å². The number of rotatable bonds is 2. The lowest BCUT2D eigenvalue weighted by molar-refractivity contribution is 0.184. The molecule has 16 heavy (non-hydrogen) atoms. The molecule has 1 aromatic rings. The zero-order valence-corrected chi connectivity index (χ0v) is 9.52. The van der Waals surface area contributed by atoms with Gasteiger partial charge in [0.2, 0.25) is 0 Å². The number of hydrogen-bond donors (Lipinski definition) is 2. The van der Waals surface area contributed by atoms with Crippen molar-refractivity contribution in [2.45, 2.75) is 6.10 Å². The molecule has 0 saturated carbocycles. The van der Waals surface area contributed by atoms with E-state index in [0.717, 1.165) is 24.5 Å². The number of nitrogens with one attached hydrogen (secondary N) is 1. The first-order valence-corrected chi connectivity index (χ1v) is 5.58. The summed E-state index contributed by atoms with van der Waals surface area (Å²) in [5.74, 6) is 0.858. The molecule has 2 rings (SSSR count). The van der Waals surface area contributed by atoms with Gasteiger partial charge < -0.3 is 20.1 Å². The number of benzene rings is 1. The SMILES string of the molecule is COc1ccccc1N1CCNCC(O)C1. The number of β-amino-alcohol motifs (C(OH)–C–C–N with tert-alkyl or cyclic N) is 1. The summed E-state index contributed by atoms with van der Waals surface area (Å²) >= 11 is 0. The number of ether oxygens (including phenoxy) is 1. The van der Waals surface area contributed by atoms with E-state index in [0.29, 0.717) is 13.1 Å². The van der Waals surface area contributed by atoms with E-state index in [1.54, 1.807) is 7.11 Å². The molecule has 1 aliphatic rings. The molecule has 1 unspecified atom stereocenters. The summed E-state index contributed by atoms with van der Waals surface area (Å²) in [5, 5.41) is 12.9. The zero-order chi connectivity index (χ0) is 11.4. The number of methoxy groups -OCH3 is 1. The van der Waals surface area contributed by atoms with E-state index in [2.05, 4.69) is 10.2 Å². The van der Waals surface area contributed by atoms with Crippen molar-refractivity contribution in [3.8, 4) is 5.75 Å². The van der Waals surface area contributed by atoms with Crippen LogP contribution in [0.3, 0.4) is 0 Å². The largest absolute Gasteiger partial charge is 0.495 e. The number of nitrogens with zero attached hydrogens (tertiary/aromatic N) is 1. The molecular weight excluding hydrogens is 204 g/mol. The summed E-state index contributed by atoms with van der Waals surface area (Å²) < 4.78 is 5.33. The van der Waals surface area contributed by atoms with Gasteiger partial charge in [-0.3, -0.25) is 0 Å². The van der Waals surface area contributed by atoms with Gasteiger partial charge in [0.25, 0.3) is 0 Å². The molecule has 88 valence electrons. The molecule has 1 aromatic carbocycles. The minimum absolute atomic E-state index is 0.326. The minimum Gasteiger partial charge on any atom is -0.495 e. The van der Waals surface area contributed by atoms with Crippen molar-refractivity contribution in [1.82, 2.24) is 5.32 Å². The standard InChI is InChI=1S/C12H18N2O2/c1-16-12-5-3-2-4-11(12)14-7-6-13-8-10(15)9-14/h2-5,10,13,15H,6-9H2,1H3. The van der Waals surface area contributed by atoms with Crippen LogP contribution in [0.15, 0.2) is 24.3 Å². The molecule has 1 atom stereocenters. The summed E-state index contributed by atoms with van der Waals surface area (Å²) in [7, 11) is 1.67. The molecule has 4 heteroatoms. The Balaban J connectivity index is 2.20. The van der Waals surface area contributed by atoms with Crippen LogP contribution in [-0.2, 0) is 0 Å².